The Morgan fingerprint density at radius 3 is 2.81 bits per heavy atom. The molecular weight excluding hydrogens is 474 g/mol. The van der Waals surface area contributed by atoms with E-state index in [0.29, 0.717) is 22.1 Å². The van der Waals surface area contributed by atoms with Crippen LogP contribution < -0.4 is 15.4 Å². The second-order valence-electron chi connectivity index (χ2n) is 8.60. The van der Waals surface area contributed by atoms with Gasteiger partial charge in [-0.05, 0) is 42.7 Å². The summed E-state index contributed by atoms with van der Waals surface area (Å²) in [5, 5.41) is 16.4. The van der Waals surface area contributed by atoms with Crippen LogP contribution in [0.15, 0.2) is 55.0 Å². The molecule has 2 N–H and O–H groups in total. The number of amides is 1. The van der Waals surface area contributed by atoms with Crippen molar-refractivity contribution in [3.63, 3.8) is 0 Å². The van der Waals surface area contributed by atoms with Crippen LogP contribution in [-0.4, -0.2) is 52.0 Å². The summed E-state index contributed by atoms with van der Waals surface area (Å²) in [6, 6.07) is 15.2. The monoisotopic (exact) mass is 499 g/mol. The Balaban J connectivity index is 1.20. The Morgan fingerprint density at radius 1 is 1.19 bits per heavy atom. The van der Waals surface area contributed by atoms with Crippen LogP contribution in [-0.2, 0) is 6.54 Å². The molecule has 5 rings (SSSR count). The van der Waals surface area contributed by atoms with Crippen molar-refractivity contribution in [3.8, 4) is 11.9 Å². The van der Waals surface area contributed by atoms with E-state index in [4.69, 9.17) is 10.00 Å². The highest BCUT2D eigenvalue weighted by Gasteiger charge is 2.23. The van der Waals surface area contributed by atoms with Crippen molar-refractivity contribution in [1.82, 2.24) is 25.2 Å². The van der Waals surface area contributed by atoms with Crippen LogP contribution in [0.25, 0.3) is 10.2 Å². The molecule has 0 atom stereocenters. The molecule has 0 bridgehead atoms. The van der Waals surface area contributed by atoms with E-state index in [1.165, 1.54) is 17.7 Å². The first-order valence-electron chi connectivity index (χ1n) is 11.6. The van der Waals surface area contributed by atoms with Crippen LogP contribution in [0.4, 0.5) is 11.5 Å². The summed E-state index contributed by atoms with van der Waals surface area (Å²) in [4.78, 5) is 29.7. The Morgan fingerprint density at radius 2 is 2.06 bits per heavy atom. The predicted molar refractivity (Wildman–Crippen MR) is 138 cm³/mol. The standard InChI is InChI=1S/C26H25N7O2S/c1-35-23-6-5-18(14-28-23)15-33-9-7-19(8-10-33)32-25(34)22-12-21-24(29-16-30-26(21)36-22)31-20-4-2-3-17(11-20)13-27/h2-6,11-12,14,16,19H,7-10,15H2,1H3,(H,32,34)(H,29,30,31). The second-order valence-corrected chi connectivity index (χ2v) is 9.63. The summed E-state index contributed by atoms with van der Waals surface area (Å²) in [6.45, 7) is 2.65. The van der Waals surface area contributed by atoms with Gasteiger partial charge in [0, 0.05) is 43.6 Å². The number of hydrogen-bond donors (Lipinski definition) is 2. The van der Waals surface area contributed by atoms with Gasteiger partial charge >= 0.3 is 0 Å². The number of piperidine rings is 1. The van der Waals surface area contributed by atoms with E-state index in [2.05, 4.69) is 36.6 Å². The van der Waals surface area contributed by atoms with Crippen LogP contribution >= 0.6 is 11.3 Å². The molecule has 1 amide bonds. The van der Waals surface area contributed by atoms with E-state index in [-0.39, 0.29) is 11.9 Å². The number of nitriles is 1. The van der Waals surface area contributed by atoms with Gasteiger partial charge in [-0.25, -0.2) is 15.0 Å². The highest BCUT2D eigenvalue weighted by atomic mass is 32.1. The van der Waals surface area contributed by atoms with Crippen LogP contribution in [0, 0.1) is 11.3 Å². The highest BCUT2D eigenvalue weighted by Crippen LogP contribution is 2.30. The Labute approximate surface area is 212 Å². The lowest BCUT2D eigenvalue weighted by Gasteiger charge is -2.32. The van der Waals surface area contributed by atoms with Gasteiger partial charge in [0.1, 0.15) is 17.0 Å². The largest absolute Gasteiger partial charge is 0.481 e. The Hall–Kier alpha value is -4.07. The highest BCUT2D eigenvalue weighted by molar-refractivity contribution is 7.20. The summed E-state index contributed by atoms with van der Waals surface area (Å²) in [5.74, 6) is 1.13. The smallest absolute Gasteiger partial charge is 0.261 e. The molecule has 10 heteroatoms. The minimum Gasteiger partial charge on any atom is -0.481 e. The Kier molecular flexibility index (Phi) is 7.02. The number of carbonyl (C=O) groups is 1. The van der Waals surface area contributed by atoms with Gasteiger partial charge in [-0.1, -0.05) is 12.1 Å². The molecule has 1 aromatic carbocycles. The fourth-order valence-electron chi connectivity index (χ4n) is 4.25. The molecule has 3 aromatic heterocycles. The number of carbonyl (C=O) groups excluding carboxylic acids is 1. The molecule has 0 aliphatic carbocycles. The van der Waals surface area contributed by atoms with E-state index in [1.807, 2.05) is 36.5 Å². The number of methoxy groups -OCH3 is 1. The number of aromatic nitrogens is 3. The fraction of sp³-hybridized carbons (Fsp3) is 0.269. The summed E-state index contributed by atoms with van der Waals surface area (Å²) >= 11 is 1.35. The first-order chi connectivity index (χ1) is 17.6. The molecule has 1 fully saturated rings. The number of nitrogens with one attached hydrogen (secondary N) is 2. The number of ether oxygens (including phenoxy) is 1. The number of likely N-dealkylation sites (tertiary alicyclic amines) is 1. The summed E-state index contributed by atoms with van der Waals surface area (Å²) in [5.41, 5.74) is 2.46. The minimum atomic E-state index is -0.0896. The Bertz CT molecular complexity index is 1410. The lowest BCUT2D eigenvalue weighted by Crippen LogP contribution is -2.44. The van der Waals surface area contributed by atoms with Gasteiger partial charge in [-0.2, -0.15) is 5.26 Å². The zero-order valence-corrected chi connectivity index (χ0v) is 20.6. The molecular formula is C26H25N7O2S. The summed E-state index contributed by atoms with van der Waals surface area (Å²) < 4.78 is 5.12. The van der Waals surface area contributed by atoms with Gasteiger partial charge in [0.25, 0.3) is 5.91 Å². The van der Waals surface area contributed by atoms with E-state index < -0.39 is 0 Å². The van der Waals surface area contributed by atoms with Gasteiger partial charge in [-0.15, -0.1) is 11.3 Å². The number of pyridine rings is 1. The topological polar surface area (TPSA) is 116 Å². The van der Waals surface area contributed by atoms with Crippen LogP contribution in [0.3, 0.4) is 0 Å². The molecule has 1 aliphatic heterocycles. The second kappa shape index (κ2) is 10.7. The number of anilines is 2. The van der Waals surface area contributed by atoms with Crippen molar-refractivity contribution in [2.75, 3.05) is 25.5 Å². The third-order valence-electron chi connectivity index (χ3n) is 6.14. The zero-order valence-electron chi connectivity index (χ0n) is 19.8. The van der Waals surface area contributed by atoms with Crippen molar-refractivity contribution >= 4 is 39.0 Å². The molecule has 0 radical (unpaired) electrons. The van der Waals surface area contributed by atoms with Crippen LogP contribution in [0.5, 0.6) is 5.88 Å². The third kappa shape index (κ3) is 5.43. The molecule has 9 nitrogen and oxygen atoms in total. The average Bonchev–Trinajstić information content (AvgIpc) is 3.36. The molecule has 1 aliphatic rings. The summed E-state index contributed by atoms with van der Waals surface area (Å²) in [7, 11) is 1.61. The fourth-order valence-corrected chi connectivity index (χ4v) is 5.15. The molecule has 0 saturated carbocycles. The average molecular weight is 500 g/mol. The quantitative estimate of drug-likeness (QED) is 0.390. The number of benzene rings is 1. The van der Waals surface area contributed by atoms with Gasteiger partial charge in [-0.3, -0.25) is 9.69 Å². The van der Waals surface area contributed by atoms with Crippen molar-refractivity contribution in [2.45, 2.75) is 25.4 Å². The molecule has 4 heterocycles. The molecule has 4 aromatic rings. The number of fused-ring (bicyclic) bond motifs is 1. The molecule has 182 valence electrons. The maximum absolute atomic E-state index is 13.0. The van der Waals surface area contributed by atoms with Gasteiger partial charge < -0.3 is 15.4 Å². The van der Waals surface area contributed by atoms with E-state index in [1.54, 1.807) is 19.2 Å². The third-order valence-corrected chi connectivity index (χ3v) is 7.19. The SMILES string of the molecule is COc1ccc(CN2CCC(NC(=O)c3cc4c(Nc5cccc(C#N)c5)ncnc4s3)CC2)cn1. The predicted octanol–water partition coefficient (Wildman–Crippen LogP) is 4.10. The van der Waals surface area contributed by atoms with Gasteiger partial charge in [0.05, 0.1) is 29.0 Å². The number of rotatable bonds is 7. The van der Waals surface area contributed by atoms with Crippen molar-refractivity contribution in [1.29, 1.82) is 5.26 Å². The summed E-state index contributed by atoms with van der Waals surface area (Å²) in [6.07, 6.45) is 5.11. The van der Waals surface area contributed by atoms with E-state index in [0.717, 1.165) is 53.9 Å². The molecule has 36 heavy (non-hydrogen) atoms. The van der Waals surface area contributed by atoms with Gasteiger partial charge in [0.15, 0.2) is 0 Å². The normalized spacial score (nSPS) is 14.3. The van der Waals surface area contributed by atoms with Crippen molar-refractivity contribution in [2.24, 2.45) is 0 Å². The first-order valence-corrected chi connectivity index (χ1v) is 12.5. The minimum absolute atomic E-state index is 0.0896. The van der Waals surface area contributed by atoms with E-state index >= 15 is 0 Å². The molecule has 1 saturated heterocycles. The van der Waals surface area contributed by atoms with Crippen molar-refractivity contribution in [3.05, 3.63) is 71.0 Å². The molecule has 0 spiro atoms. The number of nitrogens with zero attached hydrogens (tertiary/aromatic N) is 5. The number of hydrogen-bond acceptors (Lipinski definition) is 9. The number of thiophene rings is 1. The van der Waals surface area contributed by atoms with Crippen LogP contribution in [0.1, 0.15) is 33.6 Å². The lowest BCUT2D eigenvalue weighted by molar-refractivity contribution is 0.0913. The van der Waals surface area contributed by atoms with Crippen LogP contribution in [0.2, 0.25) is 0 Å². The zero-order chi connectivity index (χ0) is 24.9. The first kappa shape index (κ1) is 23.7. The lowest BCUT2D eigenvalue weighted by atomic mass is 10.0. The van der Waals surface area contributed by atoms with E-state index in [9.17, 15) is 4.79 Å². The molecule has 0 unspecified atom stereocenters. The van der Waals surface area contributed by atoms with Crippen molar-refractivity contribution < 1.29 is 9.53 Å². The maximum atomic E-state index is 13.0. The maximum Gasteiger partial charge on any atom is 0.261 e. The van der Waals surface area contributed by atoms with Gasteiger partial charge in [0.2, 0.25) is 5.88 Å².